The second-order valence-corrected chi connectivity index (χ2v) is 13.5. The third-order valence-corrected chi connectivity index (χ3v) is 9.94. The number of aliphatic hydroxyl groups excluding tert-OH is 3. The standard InChI is InChI=1S/C38H43ClN4O7/c1-36(2)31(29-7-4-3-5-8-29)9-6-10-38(36,35(47)43-11-13-48-14-12-43)26-50-34-17-33(49-22-28-15-27(18-40)19-41-20-28)30(16-32(34)39)21-42-37(23-44,24-45)25-46/h3-10,15-17,19-20,42,44-46H,11-14,21-26H2,1-2H3. The number of allylic oxidation sites excluding steroid dienone is 3. The molecule has 2 heterocycles. The van der Waals surface area contributed by atoms with Gasteiger partial charge in [-0.15, -0.1) is 0 Å². The summed E-state index contributed by atoms with van der Waals surface area (Å²) in [6.45, 7) is 4.49. The first-order valence-corrected chi connectivity index (χ1v) is 16.8. The maximum atomic E-state index is 14.6. The number of rotatable bonds is 14. The number of amides is 1. The molecule has 2 aliphatic rings. The lowest BCUT2D eigenvalue weighted by molar-refractivity contribution is -0.150. The summed E-state index contributed by atoms with van der Waals surface area (Å²) in [6, 6.07) is 17.0. The van der Waals surface area contributed by atoms with E-state index >= 15 is 0 Å². The normalized spacial score (nSPS) is 18.7. The lowest BCUT2D eigenvalue weighted by Crippen LogP contribution is -2.57. The Kier molecular flexibility index (Phi) is 12.0. The molecule has 50 heavy (non-hydrogen) atoms. The topological polar surface area (TPSA) is 157 Å². The van der Waals surface area contributed by atoms with Crippen molar-refractivity contribution in [1.29, 1.82) is 5.26 Å². The van der Waals surface area contributed by atoms with Gasteiger partial charge in [0.05, 0.1) is 49.2 Å². The van der Waals surface area contributed by atoms with E-state index in [4.69, 9.17) is 25.8 Å². The van der Waals surface area contributed by atoms with Gasteiger partial charge in [-0.2, -0.15) is 5.26 Å². The molecular weight excluding hydrogens is 660 g/mol. The minimum absolute atomic E-state index is 0.0373. The highest BCUT2D eigenvalue weighted by Crippen LogP contribution is 2.53. The van der Waals surface area contributed by atoms with Crippen LogP contribution in [-0.2, 0) is 22.7 Å². The summed E-state index contributed by atoms with van der Waals surface area (Å²) in [5.41, 5.74) is 0.407. The van der Waals surface area contributed by atoms with Crippen molar-refractivity contribution < 1.29 is 34.3 Å². The average molecular weight is 703 g/mol. The van der Waals surface area contributed by atoms with Gasteiger partial charge in [-0.05, 0) is 23.3 Å². The Bertz CT molecular complexity index is 1740. The Balaban J connectivity index is 1.50. The first-order valence-electron chi connectivity index (χ1n) is 16.4. The van der Waals surface area contributed by atoms with E-state index in [9.17, 15) is 25.4 Å². The number of benzene rings is 2. The molecule has 11 nitrogen and oxygen atoms in total. The first-order chi connectivity index (χ1) is 24.1. The maximum absolute atomic E-state index is 14.6. The Morgan fingerprint density at radius 3 is 2.46 bits per heavy atom. The second kappa shape index (κ2) is 16.2. The third-order valence-electron chi connectivity index (χ3n) is 9.65. The van der Waals surface area contributed by atoms with Crippen LogP contribution in [0, 0.1) is 22.2 Å². The van der Waals surface area contributed by atoms with E-state index in [0.717, 1.165) is 11.1 Å². The van der Waals surface area contributed by atoms with Gasteiger partial charge < -0.3 is 39.7 Å². The van der Waals surface area contributed by atoms with E-state index in [0.29, 0.717) is 48.7 Å². The van der Waals surface area contributed by atoms with Crippen LogP contribution in [0.2, 0.25) is 5.02 Å². The molecule has 0 spiro atoms. The SMILES string of the molecule is CC1(C)C(c2ccccc2)=CC=CC1(COc1cc(OCc2cncc(C#N)c2)c(CNC(CO)(CO)CO)cc1Cl)C(=O)N1CCOCC1. The summed E-state index contributed by atoms with van der Waals surface area (Å²) in [7, 11) is 0. The van der Waals surface area contributed by atoms with E-state index in [-0.39, 0.29) is 36.4 Å². The highest BCUT2D eigenvalue weighted by molar-refractivity contribution is 6.32. The van der Waals surface area contributed by atoms with Gasteiger partial charge in [0, 0.05) is 54.6 Å². The third kappa shape index (κ3) is 7.71. The van der Waals surface area contributed by atoms with Crippen LogP contribution in [0.5, 0.6) is 11.5 Å². The molecule has 12 heteroatoms. The summed E-state index contributed by atoms with van der Waals surface area (Å²) in [5.74, 6) is 0.565. The molecule has 1 aromatic heterocycles. The molecular formula is C38H43ClN4O7. The van der Waals surface area contributed by atoms with Crippen molar-refractivity contribution in [3.05, 3.63) is 106 Å². The molecule has 1 atom stereocenters. The Morgan fingerprint density at radius 1 is 1.06 bits per heavy atom. The van der Waals surface area contributed by atoms with E-state index in [1.165, 1.54) is 6.20 Å². The summed E-state index contributed by atoms with van der Waals surface area (Å²) in [4.78, 5) is 20.6. The number of pyridine rings is 1. The van der Waals surface area contributed by atoms with Gasteiger partial charge in [0.25, 0.3) is 0 Å². The summed E-state index contributed by atoms with van der Waals surface area (Å²) in [6.07, 6.45) is 8.94. The number of ether oxygens (including phenoxy) is 3. The van der Waals surface area contributed by atoms with Crippen LogP contribution in [0.1, 0.15) is 36.1 Å². The zero-order valence-corrected chi connectivity index (χ0v) is 29.0. The number of nitriles is 1. The van der Waals surface area contributed by atoms with Crippen molar-refractivity contribution >= 4 is 23.1 Å². The first kappa shape index (κ1) is 37.0. The van der Waals surface area contributed by atoms with E-state index < -0.39 is 36.2 Å². The second-order valence-electron chi connectivity index (χ2n) is 13.1. The quantitative estimate of drug-likeness (QED) is 0.194. The van der Waals surface area contributed by atoms with Gasteiger partial charge in [0.1, 0.15) is 36.2 Å². The van der Waals surface area contributed by atoms with Crippen LogP contribution in [-0.4, -0.2) is 89.4 Å². The minimum Gasteiger partial charge on any atom is -0.490 e. The predicted molar refractivity (Wildman–Crippen MR) is 188 cm³/mol. The maximum Gasteiger partial charge on any atom is 0.237 e. The van der Waals surface area contributed by atoms with Gasteiger partial charge >= 0.3 is 0 Å². The summed E-state index contributed by atoms with van der Waals surface area (Å²) >= 11 is 6.85. The summed E-state index contributed by atoms with van der Waals surface area (Å²) in [5, 5.41) is 42.2. The van der Waals surface area contributed by atoms with Crippen LogP contribution < -0.4 is 14.8 Å². The number of hydrogen-bond donors (Lipinski definition) is 4. The van der Waals surface area contributed by atoms with E-state index in [2.05, 4.69) is 30.2 Å². The molecule has 2 aromatic carbocycles. The van der Waals surface area contributed by atoms with E-state index in [1.54, 1.807) is 24.4 Å². The molecule has 5 rings (SSSR count). The predicted octanol–water partition coefficient (Wildman–Crippen LogP) is 3.89. The molecule has 1 aliphatic heterocycles. The number of carbonyl (C=O) groups is 1. The minimum atomic E-state index is -1.35. The number of carbonyl (C=O) groups excluding carboxylic acids is 1. The molecule has 3 aromatic rings. The van der Waals surface area contributed by atoms with Crippen LogP contribution in [0.3, 0.4) is 0 Å². The van der Waals surface area contributed by atoms with Gasteiger partial charge in [-0.3, -0.25) is 9.78 Å². The van der Waals surface area contributed by atoms with Gasteiger partial charge in [0.15, 0.2) is 0 Å². The zero-order valence-electron chi connectivity index (χ0n) is 28.3. The molecule has 1 aliphatic carbocycles. The fourth-order valence-electron chi connectivity index (χ4n) is 6.26. The van der Waals surface area contributed by atoms with Crippen LogP contribution in [0.25, 0.3) is 5.57 Å². The van der Waals surface area contributed by atoms with Crippen molar-refractivity contribution in [2.75, 3.05) is 52.7 Å². The lowest BCUT2D eigenvalue weighted by Gasteiger charge is -2.49. The van der Waals surface area contributed by atoms with E-state index in [1.807, 2.05) is 53.5 Å². The highest BCUT2D eigenvalue weighted by atomic mass is 35.5. The Morgan fingerprint density at radius 2 is 1.78 bits per heavy atom. The smallest absolute Gasteiger partial charge is 0.237 e. The molecule has 0 bridgehead atoms. The number of nitrogens with one attached hydrogen (secondary N) is 1. The lowest BCUT2D eigenvalue weighted by atomic mass is 9.58. The molecule has 1 fully saturated rings. The fourth-order valence-corrected chi connectivity index (χ4v) is 6.50. The molecule has 0 saturated carbocycles. The number of halogens is 1. The monoisotopic (exact) mass is 702 g/mol. The van der Waals surface area contributed by atoms with Crippen molar-refractivity contribution in [1.82, 2.24) is 15.2 Å². The van der Waals surface area contributed by atoms with Gasteiger partial charge in [-0.25, -0.2) is 0 Å². The van der Waals surface area contributed by atoms with Crippen LogP contribution >= 0.6 is 11.6 Å². The van der Waals surface area contributed by atoms with Crippen LogP contribution in [0.15, 0.2) is 79.2 Å². The largest absolute Gasteiger partial charge is 0.490 e. The van der Waals surface area contributed by atoms with Crippen molar-refractivity contribution in [2.24, 2.45) is 10.8 Å². The Labute approximate surface area is 297 Å². The fraction of sp³-hybridized carbons (Fsp3) is 0.395. The number of morpholine rings is 1. The average Bonchev–Trinajstić information content (AvgIpc) is 3.15. The van der Waals surface area contributed by atoms with Crippen LogP contribution in [0.4, 0.5) is 0 Å². The summed E-state index contributed by atoms with van der Waals surface area (Å²) < 4.78 is 18.3. The number of hydrogen-bond acceptors (Lipinski definition) is 10. The van der Waals surface area contributed by atoms with Gasteiger partial charge in [0.2, 0.25) is 5.91 Å². The molecule has 264 valence electrons. The molecule has 1 unspecified atom stereocenters. The molecule has 0 radical (unpaired) electrons. The zero-order chi connectivity index (χ0) is 35.8. The number of aromatic nitrogens is 1. The number of nitrogens with zero attached hydrogens (tertiary/aromatic N) is 3. The number of aliphatic hydroxyl groups is 3. The molecule has 1 saturated heterocycles. The molecule has 4 N–H and O–H groups in total. The van der Waals surface area contributed by atoms with Crippen molar-refractivity contribution in [2.45, 2.75) is 32.5 Å². The highest BCUT2D eigenvalue weighted by Gasteiger charge is 2.55. The molecule has 1 amide bonds. The Hall–Kier alpha value is -4.28. The van der Waals surface area contributed by atoms with Crippen molar-refractivity contribution in [3.8, 4) is 17.6 Å². The van der Waals surface area contributed by atoms with Gasteiger partial charge in [-0.1, -0.05) is 74.0 Å². The van der Waals surface area contributed by atoms with Crippen molar-refractivity contribution in [3.63, 3.8) is 0 Å².